The number of ether oxygens (including phenoxy) is 1. The van der Waals surface area contributed by atoms with Gasteiger partial charge < -0.3 is 15.0 Å². The molecule has 4 rings (SSSR count). The highest BCUT2D eigenvalue weighted by molar-refractivity contribution is 6.04. The molecule has 182 valence electrons. The molecule has 1 N–H and O–H groups in total. The van der Waals surface area contributed by atoms with Gasteiger partial charge in [0, 0.05) is 37.5 Å². The van der Waals surface area contributed by atoms with Crippen LogP contribution in [0.25, 0.3) is 0 Å². The lowest BCUT2D eigenvalue weighted by molar-refractivity contribution is 0.102. The van der Waals surface area contributed by atoms with Crippen molar-refractivity contribution in [2.75, 3.05) is 36.9 Å². The summed E-state index contributed by atoms with van der Waals surface area (Å²) in [4.78, 5) is 33.0. The zero-order valence-electron chi connectivity index (χ0n) is 20.3. The number of pyridine rings is 1. The average molecular weight is 473 g/mol. The number of likely N-dealkylation sites (tertiary alicyclic amines) is 1. The van der Waals surface area contributed by atoms with Gasteiger partial charge in [-0.2, -0.15) is 0 Å². The Bertz CT molecular complexity index is 1120. The molecule has 1 fully saturated rings. The molecule has 1 aromatic heterocycles. The Morgan fingerprint density at radius 2 is 1.86 bits per heavy atom. The molecule has 3 aromatic rings. The Morgan fingerprint density at radius 1 is 1.09 bits per heavy atom. The van der Waals surface area contributed by atoms with Gasteiger partial charge in [-0.05, 0) is 67.6 Å². The van der Waals surface area contributed by atoms with Gasteiger partial charge in [0.15, 0.2) is 0 Å². The number of rotatable bonds is 7. The molecule has 1 aliphatic rings. The SMILES string of the molecule is CC1CCCN(CCc2ccc(C(=O)Nc3ccc(OC(=O)N(C)c4ccccc4)nc3)cc2)C1. The molecule has 35 heavy (non-hydrogen) atoms. The number of carbonyl (C=O) groups is 2. The van der Waals surface area contributed by atoms with Crippen molar-refractivity contribution < 1.29 is 14.3 Å². The van der Waals surface area contributed by atoms with Crippen molar-refractivity contribution in [1.82, 2.24) is 9.88 Å². The van der Waals surface area contributed by atoms with Crippen LogP contribution in [0.3, 0.4) is 0 Å². The van der Waals surface area contributed by atoms with Crippen LogP contribution in [0.4, 0.5) is 16.2 Å². The van der Waals surface area contributed by atoms with Gasteiger partial charge >= 0.3 is 6.09 Å². The van der Waals surface area contributed by atoms with E-state index in [1.54, 1.807) is 19.2 Å². The van der Waals surface area contributed by atoms with Crippen LogP contribution in [-0.4, -0.2) is 48.6 Å². The minimum Gasteiger partial charge on any atom is -0.391 e. The normalized spacial score (nSPS) is 15.9. The van der Waals surface area contributed by atoms with Crippen LogP contribution in [0.5, 0.6) is 5.88 Å². The van der Waals surface area contributed by atoms with Crippen LogP contribution in [0.15, 0.2) is 72.9 Å². The predicted octanol–water partition coefficient (Wildman–Crippen LogP) is 5.24. The summed E-state index contributed by atoms with van der Waals surface area (Å²) in [7, 11) is 1.63. The number of nitrogens with one attached hydrogen (secondary N) is 1. The van der Waals surface area contributed by atoms with E-state index in [0.29, 0.717) is 16.9 Å². The van der Waals surface area contributed by atoms with Crippen LogP contribution in [0, 0.1) is 5.92 Å². The summed E-state index contributed by atoms with van der Waals surface area (Å²) in [5, 5.41) is 2.83. The molecule has 2 heterocycles. The lowest BCUT2D eigenvalue weighted by atomic mass is 9.99. The van der Waals surface area contributed by atoms with E-state index >= 15 is 0 Å². The fraction of sp³-hybridized carbons (Fsp3) is 0.321. The van der Waals surface area contributed by atoms with Gasteiger partial charge in [-0.3, -0.25) is 9.69 Å². The minimum absolute atomic E-state index is 0.156. The molecule has 1 unspecified atom stereocenters. The summed E-state index contributed by atoms with van der Waals surface area (Å²) < 4.78 is 5.32. The van der Waals surface area contributed by atoms with Gasteiger partial charge in [0.05, 0.1) is 11.9 Å². The van der Waals surface area contributed by atoms with E-state index in [1.807, 2.05) is 54.6 Å². The van der Waals surface area contributed by atoms with Crippen LogP contribution in [-0.2, 0) is 6.42 Å². The molecule has 0 bridgehead atoms. The Hall–Kier alpha value is -3.71. The van der Waals surface area contributed by atoms with Gasteiger partial charge in [-0.15, -0.1) is 0 Å². The summed E-state index contributed by atoms with van der Waals surface area (Å²) in [6, 6.07) is 20.2. The van der Waals surface area contributed by atoms with Gasteiger partial charge in [-0.1, -0.05) is 37.3 Å². The molecule has 0 spiro atoms. The zero-order chi connectivity index (χ0) is 24.6. The lowest BCUT2D eigenvalue weighted by Gasteiger charge is -2.30. The molecule has 2 amide bonds. The average Bonchev–Trinajstić information content (AvgIpc) is 2.89. The van der Waals surface area contributed by atoms with Crippen molar-refractivity contribution in [2.45, 2.75) is 26.2 Å². The predicted molar refractivity (Wildman–Crippen MR) is 138 cm³/mol. The van der Waals surface area contributed by atoms with E-state index in [2.05, 4.69) is 22.1 Å². The van der Waals surface area contributed by atoms with E-state index in [9.17, 15) is 9.59 Å². The Labute approximate surface area is 206 Å². The second-order valence-corrected chi connectivity index (χ2v) is 9.10. The maximum absolute atomic E-state index is 12.6. The fourth-order valence-electron chi connectivity index (χ4n) is 4.23. The van der Waals surface area contributed by atoms with E-state index in [4.69, 9.17) is 4.74 Å². The quantitative estimate of drug-likeness (QED) is 0.509. The summed E-state index contributed by atoms with van der Waals surface area (Å²) >= 11 is 0. The Morgan fingerprint density at radius 3 is 2.54 bits per heavy atom. The number of benzene rings is 2. The molecule has 1 atom stereocenters. The summed E-state index contributed by atoms with van der Waals surface area (Å²) in [5.41, 5.74) is 3.05. The summed E-state index contributed by atoms with van der Waals surface area (Å²) in [6.07, 6.45) is 4.52. The van der Waals surface area contributed by atoms with Crippen molar-refractivity contribution in [3.63, 3.8) is 0 Å². The smallest absolute Gasteiger partial charge is 0.391 e. The second-order valence-electron chi connectivity index (χ2n) is 9.10. The van der Waals surface area contributed by atoms with Gasteiger partial charge in [0.25, 0.3) is 5.91 Å². The first-order valence-corrected chi connectivity index (χ1v) is 12.1. The van der Waals surface area contributed by atoms with E-state index in [1.165, 1.54) is 42.6 Å². The monoisotopic (exact) mass is 472 g/mol. The van der Waals surface area contributed by atoms with Gasteiger partial charge in [0.2, 0.25) is 5.88 Å². The standard InChI is InChI=1S/C28H32N4O3/c1-21-7-6-17-32(20-21)18-16-22-10-12-23(13-11-22)27(33)30-24-14-15-26(29-19-24)35-28(34)31(2)25-8-4-3-5-9-25/h3-5,8-15,19,21H,6-7,16-18,20H2,1-2H3,(H,30,33). The van der Waals surface area contributed by atoms with Crippen molar-refractivity contribution in [3.8, 4) is 5.88 Å². The number of para-hydroxylation sites is 1. The van der Waals surface area contributed by atoms with E-state index in [0.717, 1.165) is 18.9 Å². The summed E-state index contributed by atoms with van der Waals surface area (Å²) in [5.74, 6) is 0.723. The molecule has 1 aliphatic heterocycles. The molecule has 1 saturated heterocycles. The Balaban J connectivity index is 1.26. The molecule has 7 nitrogen and oxygen atoms in total. The van der Waals surface area contributed by atoms with Crippen LogP contribution >= 0.6 is 0 Å². The first-order chi connectivity index (χ1) is 17.0. The minimum atomic E-state index is -0.546. The number of piperidine rings is 1. The molecule has 7 heteroatoms. The number of aromatic nitrogens is 1. The number of hydrogen-bond acceptors (Lipinski definition) is 5. The first-order valence-electron chi connectivity index (χ1n) is 12.1. The van der Waals surface area contributed by atoms with E-state index in [-0.39, 0.29) is 11.8 Å². The maximum Gasteiger partial charge on any atom is 0.420 e. The fourth-order valence-corrected chi connectivity index (χ4v) is 4.23. The van der Waals surface area contributed by atoms with Gasteiger partial charge in [0.1, 0.15) is 0 Å². The van der Waals surface area contributed by atoms with Crippen molar-refractivity contribution >= 4 is 23.4 Å². The Kier molecular flexibility index (Phi) is 8.11. The summed E-state index contributed by atoms with van der Waals surface area (Å²) in [6.45, 7) is 5.73. The number of anilines is 2. The molecule has 0 radical (unpaired) electrons. The number of amides is 2. The van der Waals surface area contributed by atoms with Crippen molar-refractivity contribution in [3.05, 3.63) is 84.1 Å². The van der Waals surface area contributed by atoms with E-state index < -0.39 is 6.09 Å². The van der Waals surface area contributed by atoms with Crippen LogP contribution in [0.1, 0.15) is 35.7 Å². The third-order valence-electron chi connectivity index (χ3n) is 6.28. The zero-order valence-corrected chi connectivity index (χ0v) is 20.3. The number of carbonyl (C=O) groups excluding carboxylic acids is 2. The third kappa shape index (κ3) is 6.90. The molecule has 0 aliphatic carbocycles. The highest BCUT2D eigenvalue weighted by Crippen LogP contribution is 2.18. The van der Waals surface area contributed by atoms with Gasteiger partial charge in [-0.25, -0.2) is 9.78 Å². The second kappa shape index (κ2) is 11.6. The number of nitrogens with zero attached hydrogens (tertiary/aromatic N) is 3. The molecule has 2 aromatic carbocycles. The molecule has 0 saturated carbocycles. The van der Waals surface area contributed by atoms with Crippen molar-refractivity contribution in [1.29, 1.82) is 0 Å². The number of hydrogen-bond donors (Lipinski definition) is 1. The molecular formula is C28H32N4O3. The van der Waals surface area contributed by atoms with Crippen molar-refractivity contribution in [2.24, 2.45) is 5.92 Å². The highest BCUT2D eigenvalue weighted by atomic mass is 16.6. The first kappa shape index (κ1) is 24.4. The van der Waals surface area contributed by atoms with Crippen LogP contribution in [0.2, 0.25) is 0 Å². The van der Waals surface area contributed by atoms with Crippen LogP contribution < -0.4 is 15.0 Å². The molecular weight excluding hydrogens is 440 g/mol. The topological polar surface area (TPSA) is 74.8 Å². The maximum atomic E-state index is 12.6. The largest absolute Gasteiger partial charge is 0.420 e. The highest BCUT2D eigenvalue weighted by Gasteiger charge is 2.16. The lowest BCUT2D eigenvalue weighted by Crippen LogP contribution is -2.35. The third-order valence-corrected chi connectivity index (χ3v) is 6.28.